The highest BCUT2D eigenvalue weighted by atomic mass is 79.9. The molecular formula is C24H23BrN6O4. The van der Waals surface area contributed by atoms with Crippen LogP contribution in [0.25, 0.3) is 17.2 Å². The van der Waals surface area contributed by atoms with E-state index in [1.54, 1.807) is 18.2 Å². The van der Waals surface area contributed by atoms with Gasteiger partial charge in [0.15, 0.2) is 11.2 Å². The first kappa shape index (κ1) is 24.2. The van der Waals surface area contributed by atoms with E-state index in [0.717, 1.165) is 10.0 Å². The number of hydrazone groups is 1. The van der Waals surface area contributed by atoms with E-state index >= 15 is 0 Å². The summed E-state index contributed by atoms with van der Waals surface area (Å²) < 4.78 is 9.26. The molecule has 0 saturated heterocycles. The van der Waals surface area contributed by atoms with Crippen molar-refractivity contribution in [3.8, 4) is 5.75 Å². The highest BCUT2D eigenvalue weighted by Crippen LogP contribution is 2.18. The van der Waals surface area contributed by atoms with Crippen LogP contribution >= 0.6 is 15.9 Å². The molecule has 0 unspecified atom stereocenters. The molecule has 180 valence electrons. The molecule has 0 aliphatic rings. The minimum atomic E-state index is -0.977. The number of halogens is 1. The fourth-order valence-electron chi connectivity index (χ4n) is 3.34. The first-order valence-corrected chi connectivity index (χ1v) is 11.5. The molecule has 11 heteroatoms. The number of H-pyrrole nitrogens is 1. The molecule has 0 fully saturated rings. The van der Waals surface area contributed by atoms with Crippen LogP contribution in [0, 0.1) is 0 Å². The zero-order valence-electron chi connectivity index (χ0n) is 18.8. The number of hydrogen-bond acceptors (Lipinski definition) is 7. The number of nitrogens with zero attached hydrogens (tertiary/aromatic N) is 4. The van der Waals surface area contributed by atoms with Gasteiger partial charge in [0, 0.05) is 17.7 Å². The number of rotatable bonds is 9. The van der Waals surface area contributed by atoms with Crippen LogP contribution in [0.3, 0.4) is 0 Å². The number of imidazole rings is 1. The van der Waals surface area contributed by atoms with Gasteiger partial charge in [0.1, 0.15) is 18.5 Å². The molecule has 2 aromatic heterocycles. The van der Waals surface area contributed by atoms with E-state index in [4.69, 9.17) is 4.74 Å². The Morgan fingerprint density at radius 1 is 1.20 bits per heavy atom. The lowest BCUT2D eigenvalue weighted by atomic mass is 10.2. The molecule has 4 rings (SSSR count). The Hall–Kier alpha value is -3.96. The summed E-state index contributed by atoms with van der Waals surface area (Å²) in [4.78, 5) is 31.3. The summed E-state index contributed by atoms with van der Waals surface area (Å²) in [6, 6.07) is 16.9. The number of fused-ring (bicyclic) bond motifs is 1. The quantitative estimate of drug-likeness (QED) is 0.222. The third-order valence-corrected chi connectivity index (χ3v) is 5.60. The number of anilines is 1. The molecule has 0 amide bonds. The number of aryl methyl sites for hydroxylation is 1. The molecule has 0 spiro atoms. The van der Waals surface area contributed by atoms with E-state index in [1.165, 1.54) is 22.4 Å². The van der Waals surface area contributed by atoms with E-state index in [1.807, 2.05) is 48.5 Å². The average Bonchev–Trinajstić information content (AvgIpc) is 3.21. The maximum atomic E-state index is 12.6. The van der Waals surface area contributed by atoms with Crippen molar-refractivity contribution < 1.29 is 9.84 Å². The van der Waals surface area contributed by atoms with Gasteiger partial charge >= 0.3 is 5.69 Å². The van der Waals surface area contributed by atoms with E-state index in [2.05, 4.69) is 36.4 Å². The number of ether oxygens (including phenoxy) is 1. The van der Waals surface area contributed by atoms with Gasteiger partial charge in [0.2, 0.25) is 5.95 Å². The Bertz CT molecular complexity index is 1470. The van der Waals surface area contributed by atoms with E-state index in [9.17, 15) is 14.7 Å². The van der Waals surface area contributed by atoms with Crippen molar-refractivity contribution >= 4 is 45.3 Å². The highest BCUT2D eigenvalue weighted by molar-refractivity contribution is 9.10. The van der Waals surface area contributed by atoms with Crippen molar-refractivity contribution in [2.75, 3.05) is 12.0 Å². The van der Waals surface area contributed by atoms with Crippen LogP contribution in [0.2, 0.25) is 0 Å². The summed E-state index contributed by atoms with van der Waals surface area (Å²) in [5.74, 6) is 0.787. The molecule has 35 heavy (non-hydrogen) atoms. The molecule has 1 atom stereocenters. The van der Waals surface area contributed by atoms with Gasteiger partial charge in [-0.05, 0) is 35.9 Å². The smallest absolute Gasteiger partial charge is 0.329 e. The minimum absolute atomic E-state index is 0.0203. The fourth-order valence-corrected chi connectivity index (χ4v) is 3.61. The first-order valence-electron chi connectivity index (χ1n) is 10.7. The van der Waals surface area contributed by atoms with E-state index in [-0.39, 0.29) is 30.3 Å². The summed E-state index contributed by atoms with van der Waals surface area (Å²) in [5.41, 5.74) is 2.90. The molecular weight excluding hydrogens is 516 g/mol. The van der Waals surface area contributed by atoms with Crippen molar-refractivity contribution in [3.05, 3.63) is 91.5 Å². The number of nitrogens with one attached hydrogen (secondary N) is 2. The van der Waals surface area contributed by atoms with Gasteiger partial charge in [-0.25, -0.2) is 10.2 Å². The second-order valence-electron chi connectivity index (χ2n) is 7.62. The van der Waals surface area contributed by atoms with Crippen LogP contribution < -0.4 is 21.4 Å². The first-order chi connectivity index (χ1) is 16.9. The maximum Gasteiger partial charge on any atom is 0.329 e. The molecule has 2 heterocycles. The van der Waals surface area contributed by atoms with Gasteiger partial charge < -0.3 is 14.4 Å². The van der Waals surface area contributed by atoms with Crippen LogP contribution in [0.5, 0.6) is 5.75 Å². The highest BCUT2D eigenvalue weighted by Gasteiger charge is 2.19. The van der Waals surface area contributed by atoms with Gasteiger partial charge in [-0.15, -0.1) is 0 Å². The molecule has 10 nitrogen and oxygen atoms in total. The molecule has 3 N–H and O–H groups in total. The number of benzene rings is 2. The largest absolute Gasteiger partial charge is 0.491 e. The van der Waals surface area contributed by atoms with Gasteiger partial charge in [-0.1, -0.05) is 52.3 Å². The van der Waals surface area contributed by atoms with Crippen LogP contribution in [-0.2, 0) is 13.6 Å². The zero-order chi connectivity index (χ0) is 24.8. The van der Waals surface area contributed by atoms with Crippen LogP contribution in [0.4, 0.5) is 5.95 Å². The Kier molecular flexibility index (Phi) is 7.58. The van der Waals surface area contributed by atoms with Crippen molar-refractivity contribution in [2.45, 2.75) is 12.6 Å². The predicted molar refractivity (Wildman–Crippen MR) is 139 cm³/mol. The van der Waals surface area contributed by atoms with Crippen LogP contribution in [0.1, 0.15) is 5.56 Å². The second kappa shape index (κ2) is 11.0. The Balaban J connectivity index is 1.55. The van der Waals surface area contributed by atoms with Crippen LogP contribution in [-0.4, -0.2) is 43.1 Å². The lowest BCUT2D eigenvalue weighted by Gasteiger charge is -2.15. The third kappa shape index (κ3) is 5.94. The fraction of sp³-hybridized carbons (Fsp3) is 0.167. The summed E-state index contributed by atoms with van der Waals surface area (Å²) in [7, 11) is 1.50. The van der Waals surface area contributed by atoms with E-state index in [0.29, 0.717) is 5.75 Å². The second-order valence-corrected chi connectivity index (χ2v) is 8.53. The van der Waals surface area contributed by atoms with Gasteiger partial charge in [-0.3, -0.25) is 14.3 Å². The molecule has 0 saturated carbocycles. The lowest BCUT2D eigenvalue weighted by Crippen LogP contribution is -2.30. The average molecular weight is 539 g/mol. The topological polar surface area (TPSA) is 127 Å². The zero-order valence-corrected chi connectivity index (χ0v) is 20.3. The Morgan fingerprint density at radius 3 is 2.69 bits per heavy atom. The minimum Gasteiger partial charge on any atom is -0.491 e. The van der Waals surface area contributed by atoms with Crippen molar-refractivity contribution in [1.82, 2.24) is 19.1 Å². The molecule has 2 aromatic carbocycles. The predicted octanol–water partition coefficient (Wildman–Crippen LogP) is 2.74. The maximum absolute atomic E-state index is 12.6. The number of aromatic amines is 1. The molecule has 4 aromatic rings. The molecule has 0 aliphatic heterocycles. The Morgan fingerprint density at radius 2 is 1.94 bits per heavy atom. The molecule has 0 radical (unpaired) electrons. The van der Waals surface area contributed by atoms with Crippen molar-refractivity contribution in [3.63, 3.8) is 0 Å². The molecule has 0 bridgehead atoms. The number of allylic oxidation sites excluding steroid dienone is 1. The summed E-state index contributed by atoms with van der Waals surface area (Å²) >= 11 is 3.36. The summed E-state index contributed by atoms with van der Waals surface area (Å²) in [6.07, 6.45) is 4.19. The summed E-state index contributed by atoms with van der Waals surface area (Å²) in [5, 5.41) is 14.8. The van der Waals surface area contributed by atoms with Crippen molar-refractivity contribution in [2.24, 2.45) is 12.1 Å². The monoisotopic (exact) mass is 538 g/mol. The summed E-state index contributed by atoms with van der Waals surface area (Å²) in [6.45, 7) is -0.0421. The standard InChI is InChI=1S/C24H23BrN6O4/c1-30-21-20(22(33)28-24(30)34)31(14-18(32)15-35-19-11-9-17(25)10-12-19)23(27-21)29-26-13-5-8-16-6-3-2-4-7-16/h2-13,18,32H,14-15H2,1H3,(H,27,29)(H,28,33,34)/b8-5+,26-13-/t18-/m0/s1. The van der Waals surface area contributed by atoms with Gasteiger partial charge in [-0.2, -0.15) is 10.1 Å². The van der Waals surface area contributed by atoms with Gasteiger partial charge in [0.25, 0.3) is 5.56 Å². The van der Waals surface area contributed by atoms with E-state index < -0.39 is 17.4 Å². The van der Waals surface area contributed by atoms with Crippen molar-refractivity contribution in [1.29, 1.82) is 0 Å². The Labute approximate surface area is 208 Å². The lowest BCUT2D eigenvalue weighted by molar-refractivity contribution is 0.0938. The number of aliphatic hydroxyl groups excluding tert-OH is 1. The molecule has 0 aliphatic carbocycles. The van der Waals surface area contributed by atoms with Crippen LogP contribution in [0.15, 0.2) is 79.8 Å². The number of aliphatic hydroxyl groups is 1. The number of hydrogen-bond donors (Lipinski definition) is 3. The van der Waals surface area contributed by atoms with Gasteiger partial charge in [0.05, 0.1) is 6.54 Å². The normalized spacial score (nSPS) is 12.5. The number of aromatic nitrogens is 4. The third-order valence-electron chi connectivity index (χ3n) is 5.07. The SMILES string of the molecule is Cn1c(=O)[nH]c(=O)c2c1nc(N/N=C\C=C\c1ccccc1)n2C[C@H](O)COc1ccc(Br)cc1.